The highest BCUT2D eigenvalue weighted by Gasteiger charge is 2.37. The summed E-state index contributed by atoms with van der Waals surface area (Å²) in [7, 11) is 0. The van der Waals surface area contributed by atoms with E-state index in [2.05, 4.69) is 0 Å². The monoisotopic (exact) mass is 342 g/mol. The smallest absolute Gasteiger partial charge is 0.259 e. The SMILES string of the molecule is O=C(C=C1C(=O)N(CC2CCCC2)c2c(F)cccc21)N1CCCC1. The van der Waals surface area contributed by atoms with E-state index in [-0.39, 0.29) is 17.6 Å². The van der Waals surface area contributed by atoms with Gasteiger partial charge in [-0.25, -0.2) is 4.39 Å². The number of fused-ring (bicyclic) bond motifs is 1. The predicted octanol–water partition coefficient (Wildman–Crippen LogP) is 3.37. The lowest BCUT2D eigenvalue weighted by atomic mass is 10.1. The maximum Gasteiger partial charge on any atom is 0.259 e. The molecule has 0 N–H and O–H groups in total. The van der Waals surface area contributed by atoms with Crippen molar-refractivity contribution in [1.82, 2.24) is 4.90 Å². The van der Waals surface area contributed by atoms with Gasteiger partial charge >= 0.3 is 0 Å². The summed E-state index contributed by atoms with van der Waals surface area (Å²) in [4.78, 5) is 28.8. The van der Waals surface area contributed by atoms with Crippen molar-refractivity contribution in [3.05, 3.63) is 35.7 Å². The van der Waals surface area contributed by atoms with E-state index in [4.69, 9.17) is 0 Å². The van der Waals surface area contributed by atoms with Gasteiger partial charge in [-0.15, -0.1) is 0 Å². The van der Waals surface area contributed by atoms with Gasteiger partial charge < -0.3 is 9.80 Å². The second-order valence-electron chi connectivity index (χ2n) is 7.29. The number of hydrogen-bond donors (Lipinski definition) is 0. The summed E-state index contributed by atoms with van der Waals surface area (Å²) in [6, 6.07) is 4.74. The molecule has 0 spiro atoms. The molecule has 0 atom stereocenters. The van der Waals surface area contributed by atoms with Crippen LogP contribution in [0.3, 0.4) is 0 Å². The first-order valence-electron chi connectivity index (χ1n) is 9.26. The number of likely N-dealkylation sites (tertiary alicyclic amines) is 1. The fourth-order valence-corrected chi connectivity index (χ4v) is 4.29. The number of benzene rings is 1. The molecule has 3 aliphatic rings. The molecule has 132 valence electrons. The van der Waals surface area contributed by atoms with Crippen LogP contribution in [0.25, 0.3) is 5.57 Å². The summed E-state index contributed by atoms with van der Waals surface area (Å²) in [6.45, 7) is 2.01. The second kappa shape index (κ2) is 6.62. The maximum absolute atomic E-state index is 14.5. The number of anilines is 1. The second-order valence-corrected chi connectivity index (χ2v) is 7.29. The van der Waals surface area contributed by atoms with E-state index in [1.165, 1.54) is 25.0 Å². The average molecular weight is 342 g/mol. The van der Waals surface area contributed by atoms with Crippen molar-refractivity contribution in [3.63, 3.8) is 0 Å². The number of carbonyl (C=O) groups excluding carboxylic acids is 2. The van der Waals surface area contributed by atoms with Crippen molar-refractivity contribution in [1.29, 1.82) is 0 Å². The average Bonchev–Trinajstić information content (AvgIpc) is 3.33. The lowest BCUT2D eigenvalue weighted by Gasteiger charge is -2.21. The van der Waals surface area contributed by atoms with Crippen LogP contribution in [-0.2, 0) is 9.59 Å². The van der Waals surface area contributed by atoms with Crippen molar-refractivity contribution < 1.29 is 14.0 Å². The van der Waals surface area contributed by atoms with Gasteiger partial charge in [-0.05, 0) is 37.7 Å². The van der Waals surface area contributed by atoms with Crippen LogP contribution in [-0.4, -0.2) is 36.3 Å². The first-order valence-corrected chi connectivity index (χ1v) is 9.26. The number of hydrogen-bond acceptors (Lipinski definition) is 2. The Morgan fingerprint density at radius 1 is 1.16 bits per heavy atom. The van der Waals surface area contributed by atoms with Gasteiger partial charge in [0.15, 0.2) is 0 Å². The molecule has 5 heteroatoms. The van der Waals surface area contributed by atoms with E-state index in [0.29, 0.717) is 29.3 Å². The molecule has 0 bridgehead atoms. The van der Waals surface area contributed by atoms with Crippen LogP contribution in [0.5, 0.6) is 0 Å². The number of amides is 2. The molecule has 2 fully saturated rings. The summed E-state index contributed by atoms with van der Waals surface area (Å²) in [5.41, 5.74) is 1.24. The van der Waals surface area contributed by atoms with Gasteiger partial charge in [0.25, 0.3) is 5.91 Å². The Balaban J connectivity index is 1.67. The van der Waals surface area contributed by atoms with Gasteiger partial charge in [-0.2, -0.15) is 0 Å². The molecule has 2 heterocycles. The largest absolute Gasteiger partial charge is 0.339 e. The molecule has 0 aromatic heterocycles. The molecule has 2 amide bonds. The van der Waals surface area contributed by atoms with E-state index < -0.39 is 0 Å². The van der Waals surface area contributed by atoms with Gasteiger partial charge in [0.2, 0.25) is 5.91 Å². The number of halogens is 1. The van der Waals surface area contributed by atoms with Crippen LogP contribution in [0, 0.1) is 11.7 Å². The van der Waals surface area contributed by atoms with Gasteiger partial charge in [0.1, 0.15) is 5.82 Å². The Labute approximate surface area is 147 Å². The summed E-state index contributed by atoms with van der Waals surface area (Å²) in [5, 5.41) is 0. The topological polar surface area (TPSA) is 40.6 Å². The minimum absolute atomic E-state index is 0.140. The molecule has 1 saturated carbocycles. The molecule has 1 aromatic rings. The van der Waals surface area contributed by atoms with E-state index in [1.54, 1.807) is 21.9 Å². The van der Waals surface area contributed by atoms with Crippen molar-refractivity contribution >= 4 is 23.1 Å². The van der Waals surface area contributed by atoms with Crippen LogP contribution in [0.15, 0.2) is 24.3 Å². The maximum atomic E-state index is 14.5. The zero-order valence-electron chi connectivity index (χ0n) is 14.3. The Kier molecular flexibility index (Phi) is 4.32. The highest BCUT2D eigenvalue weighted by molar-refractivity contribution is 6.34. The molecule has 25 heavy (non-hydrogen) atoms. The number of carbonyl (C=O) groups is 2. The van der Waals surface area contributed by atoms with Crippen LogP contribution in [0.4, 0.5) is 10.1 Å². The van der Waals surface area contributed by atoms with E-state index in [9.17, 15) is 14.0 Å². The number of para-hydroxylation sites is 1. The predicted molar refractivity (Wildman–Crippen MR) is 94.5 cm³/mol. The van der Waals surface area contributed by atoms with Crippen molar-refractivity contribution in [2.24, 2.45) is 5.92 Å². The lowest BCUT2D eigenvalue weighted by Crippen LogP contribution is -2.32. The third kappa shape index (κ3) is 2.96. The van der Waals surface area contributed by atoms with E-state index in [1.807, 2.05) is 0 Å². The van der Waals surface area contributed by atoms with Crippen LogP contribution >= 0.6 is 0 Å². The van der Waals surface area contributed by atoms with Crippen LogP contribution in [0.1, 0.15) is 44.1 Å². The summed E-state index contributed by atoms with van der Waals surface area (Å²) < 4.78 is 14.5. The Morgan fingerprint density at radius 2 is 1.88 bits per heavy atom. The van der Waals surface area contributed by atoms with E-state index >= 15 is 0 Å². The first-order chi connectivity index (χ1) is 12.1. The fraction of sp³-hybridized carbons (Fsp3) is 0.500. The zero-order valence-corrected chi connectivity index (χ0v) is 14.3. The van der Waals surface area contributed by atoms with Crippen molar-refractivity contribution in [2.45, 2.75) is 38.5 Å². The summed E-state index contributed by atoms with van der Waals surface area (Å²) in [6.07, 6.45) is 7.93. The number of nitrogens with zero attached hydrogens (tertiary/aromatic N) is 2. The molecular weight excluding hydrogens is 319 g/mol. The Hall–Kier alpha value is -2.17. The normalized spacial score (nSPS) is 22.3. The molecule has 1 aromatic carbocycles. The molecule has 0 unspecified atom stereocenters. The molecule has 1 saturated heterocycles. The van der Waals surface area contributed by atoms with Crippen LogP contribution in [0.2, 0.25) is 0 Å². The standard InChI is InChI=1S/C20H23FN2O2/c21-17-9-5-8-15-16(12-18(24)22-10-3-4-11-22)20(25)23(19(15)17)13-14-6-1-2-7-14/h5,8-9,12,14H,1-4,6-7,10-11,13H2. The zero-order chi connectivity index (χ0) is 17.4. The molecule has 4 rings (SSSR count). The third-order valence-corrected chi connectivity index (χ3v) is 5.62. The lowest BCUT2D eigenvalue weighted by molar-refractivity contribution is -0.125. The van der Waals surface area contributed by atoms with Gasteiger partial charge in [0.05, 0.1) is 11.3 Å². The number of rotatable bonds is 3. The highest BCUT2D eigenvalue weighted by Crippen LogP contribution is 2.40. The molecule has 4 nitrogen and oxygen atoms in total. The van der Waals surface area contributed by atoms with E-state index in [0.717, 1.165) is 38.8 Å². The highest BCUT2D eigenvalue weighted by atomic mass is 19.1. The summed E-state index contributed by atoms with van der Waals surface area (Å²) >= 11 is 0. The van der Waals surface area contributed by atoms with Crippen LogP contribution < -0.4 is 4.90 Å². The summed E-state index contributed by atoms with van der Waals surface area (Å²) in [5.74, 6) is -0.343. The molecular formula is C20H23FN2O2. The van der Waals surface area contributed by atoms with Gasteiger partial charge in [-0.3, -0.25) is 9.59 Å². The molecule has 0 radical (unpaired) electrons. The third-order valence-electron chi connectivity index (χ3n) is 5.62. The fourth-order valence-electron chi connectivity index (χ4n) is 4.29. The quantitative estimate of drug-likeness (QED) is 0.790. The Morgan fingerprint density at radius 3 is 2.60 bits per heavy atom. The van der Waals surface area contributed by atoms with Gasteiger partial charge in [-0.1, -0.05) is 25.0 Å². The minimum Gasteiger partial charge on any atom is -0.339 e. The van der Waals surface area contributed by atoms with Crippen molar-refractivity contribution in [3.8, 4) is 0 Å². The Bertz CT molecular complexity index is 731. The molecule has 1 aliphatic carbocycles. The van der Waals surface area contributed by atoms with Crippen molar-refractivity contribution in [2.75, 3.05) is 24.5 Å². The van der Waals surface area contributed by atoms with Gasteiger partial charge in [0, 0.05) is 31.3 Å². The molecule has 2 aliphatic heterocycles. The minimum atomic E-state index is -0.388. The first kappa shape index (κ1) is 16.3.